The van der Waals surface area contributed by atoms with Gasteiger partial charge in [0.1, 0.15) is 0 Å². The second-order valence-corrected chi connectivity index (χ2v) is 10.7. The van der Waals surface area contributed by atoms with Crippen molar-refractivity contribution in [2.45, 2.75) is 64.9 Å². The number of rotatable bonds is 6. The molecule has 0 spiro atoms. The molecule has 7 nitrogen and oxygen atoms in total. The highest BCUT2D eigenvalue weighted by molar-refractivity contribution is 7.89. The van der Waals surface area contributed by atoms with Gasteiger partial charge in [-0.05, 0) is 76.3 Å². The van der Waals surface area contributed by atoms with Crippen molar-refractivity contribution in [2.24, 2.45) is 0 Å². The van der Waals surface area contributed by atoms with Crippen LogP contribution in [0.25, 0.3) is 0 Å². The predicted octanol–water partition coefficient (Wildman–Crippen LogP) is 4.28. The van der Waals surface area contributed by atoms with Crippen LogP contribution in [0.3, 0.4) is 0 Å². The standard InChI is InChI=1S/C25H32N2O5S/c1-16-13-18(3)23(19(4)14-16)26-24(28)20(5)32-25(29)22-15-21(10-9-17(22)2)33(30,31)27-11-7-6-8-12-27/h9-10,13-15,20H,6-8,11-12H2,1-5H3,(H,26,28). The lowest BCUT2D eigenvalue weighted by molar-refractivity contribution is -0.123. The second-order valence-electron chi connectivity index (χ2n) is 8.75. The summed E-state index contributed by atoms with van der Waals surface area (Å²) in [5, 5.41) is 2.84. The lowest BCUT2D eigenvalue weighted by Gasteiger charge is -2.26. The normalized spacial score (nSPS) is 15.7. The Bertz CT molecular complexity index is 1140. The number of nitrogens with one attached hydrogen (secondary N) is 1. The van der Waals surface area contributed by atoms with Gasteiger partial charge in [-0.15, -0.1) is 0 Å². The molecule has 0 radical (unpaired) electrons. The maximum Gasteiger partial charge on any atom is 0.339 e. The van der Waals surface area contributed by atoms with Gasteiger partial charge in [0.05, 0.1) is 10.5 Å². The molecule has 1 unspecified atom stereocenters. The van der Waals surface area contributed by atoms with Gasteiger partial charge in [-0.2, -0.15) is 4.31 Å². The fourth-order valence-electron chi connectivity index (χ4n) is 4.12. The van der Waals surface area contributed by atoms with E-state index in [-0.39, 0.29) is 10.5 Å². The number of ether oxygens (including phenoxy) is 1. The molecule has 1 fully saturated rings. The molecule has 1 aliphatic rings. The van der Waals surface area contributed by atoms with E-state index in [1.54, 1.807) is 13.0 Å². The van der Waals surface area contributed by atoms with Gasteiger partial charge in [-0.3, -0.25) is 4.79 Å². The number of piperidine rings is 1. The van der Waals surface area contributed by atoms with Crippen molar-refractivity contribution in [2.75, 3.05) is 18.4 Å². The number of esters is 1. The third-order valence-electron chi connectivity index (χ3n) is 5.96. The summed E-state index contributed by atoms with van der Waals surface area (Å²) in [5.74, 6) is -1.18. The molecule has 3 rings (SSSR count). The van der Waals surface area contributed by atoms with Crippen LogP contribution < -0.4 is 5.32 Å². The molecule has 0 aromatic heterocycles. The SMILES string of the molecule is Cc1cc(C)c(NC(=O)C(C)OC(=O)c2cc(S(=O)(=O)N3CCCCC3)ccc2C)c(C)c1. The summed E-state index contributed by atoms with van der Waals surface area (Å²) in [7, 11) is -3.69. The minimum Gasteiger partial charge on any atom is -0.449 e. The fraction of sp³-hybridized carbons (Fsp3) is 0.440. The molecule has 1 heterocycles. The first-order chi connectivity index (χ1) is 15.5. The van der Waals surface area contributed by atoms with Crippen LogP contribution in [-0.2, 0) is 19.6 Å². The van der Waals surface area contributed by atoms with Gasteiger partial charge in [0.2, 0.25) is 10.0 Å². The third kappa shape index (κ3) is 5.62. The first-order valence-electron chi connectivity index (χ1n) is 11.2. The van der Waals surface area contributed by atoms with E-state index in [4.69, 9.17) is 4.74 Å². The van der Waals surface area contributed by atoms with Crippen LogP contribution in [0, 0.1) is 27.7 Å². The van der Waals surface area contributed by atoms with Crippen LogP contribution in [0.5, 0.6) is 0 Å². The summed E-state index contributed by atoms with van der Waals surface area (Å²) in [6.45, 7) is 9.95. The largest absolute Gasteiger partial charge is 0.449 e. The maximum absolute atomic E-state index is 13.0. The van der Waals surface area contributed by atoms with E-state index in [1.165, 1.54) is 23.4 Å². The molecular weight excluding hydrogens is 440 g/mol. The predicted molar refractivity (Wildman–Crippen MR) is 128 cm³/mol. The fourth-order valence-corrected chi connectivity index (χ4v) is 5.66. The van der Waals surface area contributed by atoms with E-state index in [2.05, 4.69) is 5.32 Å². The maximum atomic E-state index is 13.0. The lowest BCUT2D eigenvalue weighted by Crippen LogP contribution is -2.35. The van der Waals surface area contributed by atoms with Crippen LogP contribution >= 0.6 is 0 Å². The van der Waals surface area contributed by atoms with E-state index in [0.29, 0.717) is 24.3 Å². The Morgan fingerprint density at radius 2 is 1.55 bits per heavy atom. The minimum atomic E-state index is -3.69. The van der Waals surface area contributed by atoms with Crippen LogP contribution in [0.1, 0.15) is 58.8 Å². The van der Waals surface area contributed by atoms with Crippen molar-refractivity contribution in [1.82, 2.24) is 4.31 Å². The van der Waals surface area contributed by atoms with Gasteiger partial charge in [0.15, 0.2) is 6.10 Å². The Balaban J connectivity index is 1.76. The Morgan fingerprint density at radius 3 is 2.15 bits per heavy atom. The zero-order valence-electron chi connectivity index (χ0n) is 19.9. The first-order valence-corrected chi connectivity index (χ1v) is 12.6. The average molecular weight is 473 g/mol. The number of anilines is 1. The monoisotopic (exact) mass is 472 g/mol. The quantitative estimate of drug-likeness (QED) is 0.634. The van der Waals surface area contributed by atoms with E-state index in [9.17, 15) is 18.0 Å². The van der Waals surface area contributed by atoms with Crippen molar-refractivity contribution in [3.8, 4) is 0 Å². The number of carbonyl (C=O) groups excluding carboxylic acids is 2. The molecule has 0 saturated carbocycles. The van der Waals surface area contributed by atoms with Gasteiger partial charge in [0, 0.05) is 18.8 Å². The van der Waals surface area contributed by atoms with Gasteiger partial charge in [-0.1, -0.05) is 30.2 Å². The zero-order valence-corrected chi connectivity index (χ0v) is 20.7. The van der Waals surface area contributed by atoms with Gasteiger partial charge < -0.3 is 10.1 Å². The van der Waals surface area contributed by atoms with Crippen molar-refractivity contribution < 1.29 is 22.7 Å². The average Bonchev–Trinajstić information content (AvgIpc) is 2.76. The van der Waals surface area contributed by atoms with Crippen LogP contribution in [0.2, 0.25) is 0 Å². The Labute approximate surface area is 196 Å². The van der Waals surface area contributed by atoms with E-state index < -0.39 is 28.0 Å². The number of hydrogen-bond donors (Lipinski definition) is 1. The number of hydrogen-bond acceptors (Lipinski definition) is 5. The highest BCUT2D eigenvalue weighted by Gasteiger charge is 2.28. The molecule has 1 saturated heterocycles. The highest BCUT2D eigenvalue weighted by Crippen LogP contribution is 2.25. The lowest BCUT2D eigenvalue weighted by atomic mass is 10.0. The van der Waals surface area contributed by atoms with Crippen molar-refractivity contribution in [1.29, 1.82) is 0 Å². The van der Waals surface area contributed by atoms with E-state index >= 15 is 0 Å². The molecule has 1 aliphatic heterocycles. The van der Waals surface area contributed by atoms with Gasteiger partial charge in [0.25, 0.3) is 5.91 Å². The molecule has 0 bridgehead atoms. The Kier molecular flexibility index (Phi) is 7.59. The smallest absolute Gasteiger partial charge is 0.339 e. The molecule has 2 aromatic rings. The molecule has 1 atom stereocenters. The molecule has 178 valence electrons. The highest BCUT2D eigenvalue weighted by atomic mass is 32.2. The summed E-state index contributed by atoms with van der Waals surface area (Å²) in [4.78, 5) is 25.6. The number of amides is 1. The van der Waals surface area contributed by atoms with Crippen molar-refractivity contribution in [3.05, 3.63) is 58.1 Å². The molecular formula is C25H32N2O5S. The molecule has 2 aromatic carbocycles. The van der Waals surface area contributed by atoms with Crippen LogP contribution in [-0.4, -0.2) is 43.8 Å². The van der Waals surface area contributed by atoms with E-state index in [1.807, 2.05) is 32.9 Å². The summed E-state index contributed by atoms with van der Waals surface area (Å²) in [5.41, 5.74) is 4.35. The van der Waals surface area contributed by atoms with Crippen molar-refractivity contribution >= 4 is 27.6 Å². The Morgan fingerprint density at radius 1 is 0.939 bits per heavy atom. The summed E-state index contributed by atoms with van der Waals surface area (Å²) in [6.07, 6.45) is 1.61. The van der Waals surface area contributed by atoms with Crippen LogP contribution in [0.15, 0.2) is 35.2 Å². The molecule has 1 amide bonds. The topological polar surface area (TPSA) is 92.8 Å². The molecule has 8 heteroatoms. The first kappa shape index (κ1) is 24.9. The minimum absolute atomic E-state index is 0.0601. The van der Waals surface area contributed by atoms with Crippen molar-refractivity contribution in [3.63, 3.8) is 0 Å². The second kappa shape index (κ2) is 10.1. The number of sulfonamides is 1. The number of benzene rings is 2. The molecule has 0 aliphatic carbocycles. The Hall–Kier alpha value is -2.71. The number of nitrogens with zero attached hydrogens (tertiary/aromatic N) is 1. The summed E-state index contributed by atoms with van der Waals surface area (Å²) in [6, 6.07) is 8.39. The number of aryl methyl sites for hydroxylation is 4. The number of carbonyl (C=O) groups is 2. The summed E-state index contributed by atoms with van der Waals surface area (Å²) >= 11 is 0. The van der Waals surface area contributed by atoms with E-state index in [0.717, 1.165) is 36.0 Å². The molecule has 1 N–H and O–H groups in total. The molecule has 33 heavy (non-hydrogen) atoms. The third-order valence-corrected chi connectivity index (χ3v) is 7.85. The van der Waals surface area contributed by atoms with Crippen LogP contribution in [0.4, 0.5) is 5.69 Å². The van der Waals surface area contributed by atoms with Gasteiger partial charge in [-0.25, -0.2) is 13.2 Å². The van der Waals surface area contributed by atoms with Gasteiger partial charge >= 0.3 is 5.97 Å². The zero-order chi connectivity index (χ0) is 24.3. The summed E-state index contributed by atoms with van der Waals surface area (Å²) < 4.78 is 32.9.